The summed E-state index contributed by atoms with van der Waals surface area (Å²) in [4.78, 5) is 0. The molecule has 0 radical (unpaired) electrons. The van der Waals surface area contributed by atoms with Crippen molar-refractivity contribution in [2.24, 2.45) is 0 Å². The Hall–Kier alpha value is -4.04. The van der Waals surface area contributed by atoms with E-state index in [4.69, 9.17) is 0 Å². The van der Waals surface area contributed by atoms with E-state index in [1.165, 1.54) is 33.0 Å². The minimum atomic E-state index is -0.578. The molecule has 0 heterocycles. The van der Waals surface area contributed by atoms with Crippen LogP contribution in [0.2, 0.25) is 0 Å². The summed E-state index contributed by atoms with van der Waals surface area (Å²) in [7, 11) is 0. The summed E-state index contributed by atoms with van der Waals surface area (Å²) in [6.07, 6.45) is 0. The average molecular weight is 400 g/mol. The van der Waals surface area contributed by atoms with Crippen molar-refractivity contribution in [1.29, 1.82) is 0 Å². The summed E-state index contributed by atoms with van der Waals surface area (Å²) in [5, 5.41) is 22.5. The largest absolute Gasteiger partial charge is 0.508 e. The topological polar surface area (TPSA) is 40.5 Å². The summed E-state index contributed by atoms with van der Waals surface area (Å²) in [6, 6.07) is 36.5. The van der Waals surface area contributed by atoms with Crippen LogP contribution in [-0.2, 0) is 5.41 Å². The Bertz CT molecular complexity index is 1380. The van der Waals surface area contributed by atoms with Gasteiger partial charge in [-0.25, -0.2) is 0 Å². The third-order valence-corrected chi connectivity index (χ3v) is 6.53. The number of fused-ring (bicyclic) bond motifs is 2. The fourth-order valence-corrected chi connectivity index (χ4v) is 5.28. The third-order valence-electron chi connectivity index (χ3n) is 6.53. The van der Waals surface area contributed by atoms with Gasteiger partial charge in [0.2, 0.25) is 0 Å². The first-order valence-corrected chi connectivity index (χ1v) is 10.4. The quantitative estimate of drug-likeness (QED) is 0.343. The van der Waals surface area contributed by atoms with Crippen LogP contribution >= 0.6 is 0 Å². The monoisotopic (exact) mass is 400 g/mol. The van der Waals surface area contributed by atoms with E-state index >= 15 is 0 Å². The van der Waals surface area contributed by atoms with Crippen molar-refractivity contribution in [3.63, 3.8) is 0 Å². The molecule has 5 aromatic carbocycles. The van der Waals surface area contributed by atoms with E-state index in [2.05, 4.69) is 60.7 Å². The first kappa shape index (κ1) is 17.8. The van der Waals surface area contributed by atoms with Crippen LogP contribution in [0.3, 0.4) is 0 Å². The van der Waals surface area contributed by atoms with Crippen LogP contribution in [0.1, 0.15) is 22.3 Å². The van der Waals surface area contributed by atoms with E-state index in [-0.39, 0.29) is 11.5 Å². The molecular formula is C29H20O2. The van der Waals surface area contributed by atoms with E-state index in [1.807, 2.05) is 24.3 Å². The van der Waals surface area contributed by atoms with Crippen LogP contribution in [0, 0.1) is 0 Å². The lowest BCUT2D eigenvalue weighted by molar-refractivity contribution is 0.474. The van der Waals surface area contributed by atoms with Crippen LogP contribution < -0.4 is 0 Å². The van der Waals surface area contributed by atoms with Gasteiger partial charge in [0.15, 0.2) is 0 Å². The summed E-state index contributed by atoms with van der Waals surface area (Å²) < 4.78 is 0. The van der Waals surface area contributed by atoms with Crippen LogP contribution in [0.25, 0.3) is 21.9 Å². The molecule has 2 heteroatoms. The van der Waals surface area contributed by atoms with Crippen molar-refractivity contribution in [2.45, 2.75) is 5.41 Å². The zero-order valence-corrected chi connectivity index (χ0v) is 16.8. The number of hydrogen-bond donors (Lipinski definition) is 2. The van der Waals surface area contributed by atoms with Gasteiger partial charge in [-0.3, -0.25) is 0 Å². The Morgan fingerprint density at radius 2 is 0.968 bits per heavy atom. The molecule has 5 aromatic rings. The van der Waals surface area contributed by atoms with Gasteiger partial charge in [0.1, 0.15) is 11.5 Å². The van der Waals surface area contributed by atoms with E-state index in [0.717, 1.165) is 11.1 Å². The second kappa shape index (κ2) is 6.48. The molecule has 0 aliphatic heterocycles. The highest BCUT2D eigenvalue weighted by Crippen LogP contribution is 2.55. The molecule has 1 aliphatic rings. The number of benzene rings is 5. The van der Waals surface area contributed by atoms with Gasteiger partial charge in [-0.15, -0.1) is 0 Å². The maximum Gasteiger partial charge on any atom is 0.115 e. The lowest BCUT2D eigenvalue weighted by atomic mass is 9.59. The van der Waals surface area contributed by atoms with E-state index in [9.17, 15) is 10.2 Å². The van der Waals surface area contributed by atoms with Gasteiger partial charge in [0.05, 0.1) is 5.41 Å². The van der Waals surface area contributed by atoms with Crippen LogP contribution in [-0.4, -0.2) is 10.2 Å². The van der Waals surface area contributed by atoms with Crippen molar-refractivity contribution in [3.05, 3.63) is 131 Å². The fourth-order valence-electron chi connectivity index (χ4n) is 5.28. The zero-order valence-electron chi connectivity index (χ0n) is 16.8. The van der Waals surface area contributed by atoms with Gasteiger partial charge in [-0.1, -0.05) is 84.9 Å². The maximum atomic E-state index is 10.0. The van der Waals surface area contributed by atoms with Crippen LogP contribution in [0.15, 0.2) is 109 Å². The molecule has 0 atom stereocenters. The highest BCUT2D eigenvalue weighted by atomic mass is 16.3. The molecule has 0 bridgehead atoms. The zero-order chi connectivity index (χ0) is 21.0. The van der Waals surface area contributed by atoms with Gasteiger partial charge in [-0.05, 0) is 68.4 Å². The molecule has 2 N–H and O–H groups in total. The number of aromatic hydroxyl groups is 2. The smallest absolute Gasteiger partial charge is 0.115 e. The van der Waals surface area contributed by atoms with Crippen molar-refractivity contribution in [3.8, 4) is 22.6 Å². The molecule has 6 rings (SSSR count). The maximum absolute atomic E-state index is 10.0. The van der Waals surface area contributed by atoms with Crippen molar-refractivity contribution in [1.82, 2.24) is 0 Å². The molecule has 0 amide bonds. The number of rotatable bonds is 2. The van der Waals surface area contributed by atoms with E-state index < -0.39 is 5.41 Å². The summed E-state index contributed by atoms with van der Waals surface area (Å²) in [5.74, 6) is 0.486. The Morgan fingerprint density at radius 3 is 1.61 bits per heavy atom. The second-order valence-corrected chi connectivity index (χ2v) is 8.10. The van der Waals surface area contributed by atoms with E-state index in [0.29, 0.717) is 0 Å². The first-order chi connectivity index (χ1) is 15.2. The SMILES string of the molecule is Oc1ccc(C2(c3ccc(O)cc3)c3ccccc3-c3cccc4cccc2c34)cc1. The molecule has 1 aliphatic carbocycles. The molecule has 31 heavy (non-hydrogen) atoms. The molecule has 0 aromatic heterocycles. The normalized spacial score (nSPS) is 13.7. The van der Waals surface area contributed by atoms with Gasteiger partial charge in [-0.2, -0.15) is 0 Å². The molecule has 148 valence electrons. The number of phenolic OH excluding ortho intramolecular Hbond substituents is 2. The molecule has 0 fully saturated rings. The average Bonchev–Trinajstić information content (AvgIpc) is 2.81. The Balaban J connectivity index is 1.87. The summed E-state index contributed by atoms with van der Waals surface area (Å²) in [5.41, 5.74) is 6.40. The second-order valence-electron chi connectivity index (χ2n) is 8.10. The summed E-state index contributed by atoms with van der Waals surface area (Å²) in [6.45, 7) is 0. The van der Waals surface area contributed by atoms with Crippen molar-refractivity contribution >= 4 is 10.8 Å². The minimum absolute atomic E-state index is 0.243. The molecule has 0 unspecified atom stereocenters. The highest BCUT2D eigenvalue weighted by Gasteiger charge is 2.44. The standard InChI is InChI=1S/C29H20O2/c30-22-15-11-20(12-16-22)29(21-13-17-23(31)18-14-21)26-9-2-1-7-24(26)25-8-3-5-19-6-4-10-27(29)28(19)25/h1-18,30-31H. The lowest BCUT2D eigenvalue weighted by Gasteiger charge is -2.42. The molecule has 0 saturated heterocycles. The molecule has 2 nitrogen and oxygen atoms in total. The Labute approximate surface area is 180 Å². The van der Waals surface area contributed by atoms with Gasteiger partial charge < -0.3 is 10.2 Å². The third kappa shape index (κ3) is 2.39. The van der Waals surface area contributed by atoms with Crippen molar-refractivity contribution in [2.75, 3.05) is 0 Å². The summed E-state index contributed by atoms with van der Waals surface area (Å²) >= 11 is 0. The van der Waals surface area contributed by atoms with Gasteiger partial charge in [0.25, 0.3) is 0 Å². The predicted octanol–water partition coefficient (Wildman–Crippen LogP) is 6.61. The fraction of sp³-hybridized carbons (Fsp3) is 0.0345. The molecule has 0 spiro atoms. The van der Waals surface area contributed by atoms with Gasteiger partial charge >= 0.3 is 0 Å². The molecular weight excluding hydrogens is 380 g/mol. The predicted molar refractivity (Wildman–Crippen MR) is 125 cm³/mol. The highest BCUT2D eigenvalue weighted by molar-refractivity contribution is 6.04. The Morgan fingerprint density at radius 1 is 0.452 bits per heavy atom. The van der Waals surface area contributed by atoms with Gasteiger partial charge in [0, 0.05) is 0 Å². The lowest BCUT2D eigenvalue weighted by Crippen LogP contribution is -2.33. The van der Waals surface area contributed by atoms with E-state index in [1.54, 1.807) is 24.3 Å². The number of hydrogen-bond acceptors (Lipinski definition) is 2. The first-order valence-electron chi connectivity index (χ1n) is 10.4. The Kier molecular flexibility index (Phi) is 3.72. The number of phenols is 2. The molecule has 0 saturated carbocycles. The minimum Gasteiger partial charge on any atom is -0.508 e. The van der Waals surface area contributed by atoms with Crippen LogP contribution in [0.4, 0.5) is 0 Å². The van der Waals surface area contributed by atoms with Crippen molar-refractivity contribution < 1.29 is 10.2 Å². The van der Waals surface area contributed by atoms with Crippen LogP contribution in [0.5, 0.6) is 11.5 Å².